The molecule has 2 fully saturated rings. The van der Waals surface area contributed by atoms with Crippen LogP contribution in [0.1, 0.15) is 70.0 Å². The lowest BCUT2D eigenvalue weighted by Crippen LogP contribution is -2.39. The Morgan fingerprint density at radius 2 is 1.91 bits per heavy atom. The number of rotatable bonds is 8. The number of likely N-dealkylation sites (tertiary alicyclic amines) is 1. The van der Waals surface area contributed by atoms with Crippen LogP contribution in [0.4, 0.5) is 16.0 Å². The highest BCUT2D eigenvalue weighted by Crippen LogP contribution is 2.42. The molecule has 2 aliphatic heterocycles. The molecule has 226 valence electrons. The number of amides is 2. The third-order valence-corrected chi connectivity index (χ3v) is 8.65. The van der Waals surface area contributed by atoms with Gasteiger partial charge in [0.2, 0.25) is 11.9 Å². The molecule has 0 spiro atoms. The predicted molar refractivity (Wildman–Crippen MR) is 160 cm³/mol. The Labute approximate surface area is 253 Å². The van der Waals surface area contributed by atoms with Crippen LogP contribution in [-0.4, -0.2) is 66.2 Å². The SMILES string of the molecule is Nc1nc(Cc2cnn(CC(=O)N3CCCC3)c2)nc(-c2cccc(N3CCc4cc(C5CC5)cc(F)c4C3=O)c2CO)n1. The number of carbonyl (C=O) groups is 2. The van der Waals surface area contributed by atoms with Crippen LogP contribution >= 0.6 is 0 Å². The zero-order chi connectivity index (χ0) is 30.4. The number of hydrogen-bond donors (Lipinski definition) is 2. The van der Waals surface area contributed by atoms with Gasteiger partial charge in [0.25, 0.3) is 5.91 Å². The van der Waals surface area contributed by atoms with Gasteiger partial charge in [-0.3, -0.25) is 14.3 Å². The lowest BCUT2D eigenvalue weighted by atomic mass is 9.93. The number of nitrogens with zero attached hydrogens (tertiary/aromatic N) is 7. The fourth-order valence-electron chi connectivity index (χ4n) is 6.29. The topological polar surface area (TPSA) is 143 Å². The summed E-state index contributed by atoms with van der Waals surface area (Å²) in [4.78, 5) is 42.8. The first-order valence-electron chi connectivity index (χ1n) is 15.0. The van der Waals surface area contributed by atoms with Crippen molar-refractivity contribution in [1.29, 1.82) is 0 Å². The van der Waals surface area contributed by atoms with Crippen LogP contribution < -0.4 is 10.6 Å². The van der Waals surface area contributed by atoms with Crippen LogP contribution in [-0.2, 0) is 30.8 Å². The summed E-state index contributed by atoms with van der Waals surface area (Å²) in [6, 6.07) is 8.70. The first kappa shape index (κ1) is 28.1. The molecule has 0 atom stereocenters. The van der Waals surface area contributed by atoms with Gasteiger partial charge in [0.05, 0.1) is 24.1 Å². The van der Waals surface area contributed by atoms with Crippen molar-refractivity contribution in [3.63, 3.8) is 0 Å². The lowest BCUT2D eigenvalue weighted by molar-refractivity contribution is -0.130. The molecule has 2 amide bonds. The molecule has 2 aromatic carbocycles. The number of carbonyl (C=O) groups excluding carboxylic acids is 2. The van der Waals surface area contributed by atoms with Crippen molar-refractivity contribution in [3.05, 3.63) is 82.2 Å². The van der Waals surface area contributed by atoms with Gasteiger partial charge in [0.15, 0.2) is 5.82 Å². The van der Waals surface area contributed by atoms with E-state index in [1.165, 1.54) is 11.0 Å². The maximum atomic E-state index is 15.2. The van der Waals surface area contributed by atoms with E-state index < -0.39 is 18.3 Å². The van der Waals surface area contributed by atoms with Crippen LogP contribution in [0.3, 0.4) is 0 Å². The maximum absolute atomic E-state index is 15.2. The molecular formula is C32H33FN8O3. The Balaban J connectivity index is 1.14. The van der Waals surface area contributed by atoms with Crippen molar-refractivity contribution in [2.45, 2.75) is 57.6 Å². The van der Waals surface area contributed by atoms with Gasteiger partial charge in [-0.1, -0.05) is 18.2 Å². The summed E-state index contributed by atoms with van der Waals surface area (Å²) in [6.45, 7) is 1.69. The van der Waals surface area contributed by atoms with Gasteiger partial charge in [0, 0.05) is 43.4 Å². The zero-order valence-corrected chi connectivity index (χ0v) is 24.2. The normalized spacial score (nSPS) is 16.5. The predicted octanol–water partition coefficient (Wildman–Crippen LogP) is 3.24. The van der Waals surface area contributed by atoms with Crippen LogP contribution in [0.5, 0.6) is 0 Å². The van der Waals surface area contributed by atoms with Gasteiger partial charge < -0.3 is 20.6 Å². The molecule has 4 heterocycles. The number of fused-ring (bicyclic) bond motifs is 1. The number of hydrogen-bond acceptors (Lipinski definition) is 8. The van der Waals surface area contributed by atoms with Crippen molar-refractivity contribution in [1.82, 2.24) is 29.6 Å². The summed E-state index contributed by atoms with van der Waals surface area (Å²) in [5.74, 6) is 0.143. The van der Waals surface area contributed by atoms with Gasteiger partial charge in [-0.05, 0) is 66.8 Å². The Morgan fingerprint density at radius 3 is 2.68 bits per heavy atom. The molecule has 0 bridgehead atoms. The number of nitrogens with two attached hydrogens (primary N) is 1. The standard InChI is InChI=1S/C32H33FN8O3/c33-25-14-22(20-6-7-20)13-21-8-11-41(31(44)29(21)25)26-5-3-4-23(24(26)18-42)30-36-27(37-32(34)38-30)12-19-15-35-40(16-19)17-28(43)39-9-1-2-10-39/h3-5,13-16,20,42H,1-2,6-12,17-18H2,(H2,34,36,37,38). The number of benzene rings is 2. The molecule has 12 heteroatoms. The molecule has 3 aliphatic rings. The van der Waals surface area contributed by atoms with E-state index in [0.29, 0.717) is 47.9 Å². The minimum atomic E-state index is -0.501. The lowest BCUT2D eigenvalue weighted by Gasteiger charge is -2.31. The number of aromatic nitrogens is 5. The highest BCUT2D eigenvalue weighted by Gasteiger charge is 2.33. The van der Waals surface area contributed by atoms with Crippen LogP contribution in [0, 0.1) is 5.82 Å². The summed E-state index contributed by atoms with van der Waals surface area (Å²) in [6.07, 6.45) is 8.44. The Hall–Kier alpha value is -4.71. The highest BCUT2D eigenvalue weighted by atomic mass is 19.1. The van der Waals surface area contributed by atoms with Crippen molar-refractivity contribution >= 4 is 23.5 Å². The molecule has 2 aromatic heterocycles. The van der Waals surface area contributed by atoms with Crippen LogP contribution in [0.15, 0.2) is 42.7 Å². The molecule has 3 N–H and O–H groups in total. The molecule has 7 rings (SSSR count). The summed E-state index contributed by atoms with van der Waals surface area (Å²) < 4.78 is 16.8. The van der Waals surface area contributed by atoms with Crippen LogP contribution in [0.2, 0.25) is 0 Å². The molecule has 1 saturated carbocycles. The second kappa shape index (κ2) is 11.4. The van der Waals surface area contributed by atoms with Crippen molar-refractivity contribution in [3.8, 4) is 11.4 Å². The summed E-state index contributed by atoms with van der Waals surface area (Å²) in [5.41, 5.74) is 10.1. The van der Waals surface area contributed by atoms with E-state index in [1.54, 1.807) is 35.3 Å². The number of aliphatic hydroxyl groups excluding tert-OH is 1. The molecule has 0 radical (unpaired) electrons. The number of anilines is 2. The molecule has 1 aliphatic carbocycles. The molecule has 44 heavy (non-hydrogen) atoms. The van der Waals surface area contributed by atoms with Gasteiger partial charge in [-0.2, -0.15) is 15.1 Å². The fourth-order valence-corrected chi connectivity index (χ4v) is 6.29. The Morgan fingerprint density at radius 1 is 1.09 bits per heavy atom. The van der Waals surface area contributed by atoms with E-state index in [2.05, 4.69) is 20.1 Å². The molecule has 0 unspecified atom stereocenters. The van der Waals surface area contributed by atoms with E-state index >= 15 is 4.39 Å². The first-order chi connectivity index (χ1) is 21.4. The monoisotopic (exact) mass is 596 g/mol. The van der Waals surface area contributed by atoms with Gasteiger partial charge in [-0.25, -0.2) is 9.37 Å². The molecular weight excluding hydrogens is 563 g/mol. The third-order valence-electron chi connectivity index (χ3n) is 8.65. The van der Waals surface area contributed by atoms with Crippen LogP contribution in [0.25, 0.3) is 11.4 Å². The van der Waals surface area contributed by atoms with E-state index in [1.807, 2.05) is 11.0 Å². The van der Waals surface area contributed by atoms with Crippen molar-refractivity contribution in [2.24, 2.45) is 0 Å². The number of nitrogen functional groups attached to an aromatic ring is 1. The maximum Gasteiger partial charge on any atom is 0.261 e. The molecule has 4 aromatic rings. The highest BCUT2D eigenvalue weighted by molar-refractivity contribution is 6.09. The van der Waals surface area contributed by atoms with Gasteiger partial charge in [-0.15, -0.1) is 0 Å². The second-order valence-corrected chi connectivity index (χ2v) is 11.7. The second-order valence-electron chi connectivity index (χ2n) is 11.7. The fraction of sp³-hybridized carbons (Fsp3) is 0.375. The van der Waals surface area contributed by atoms with Crippen molar-refractivity contribution < 1.29 is 19.1 Å². The molecule has 11 nitrogen and oxygen atoms in total. The quantitative estimate of drug-likeness (QED) is 0.316. The average Bonchev–Trinajstić information content (AvgIpc) is 3.53. The third kappa shape index (κ3) is 5.41. The van der Waals surface area contributed by atoms with E-state index in [-0.39, 0.29) is 29.8 Å². The average molecular weight is 597 g/mol. The number of halogens is 1. The van der Waals surface area contributed by atoms with Gasteiger partial charge in [0.1, 0.15) is 18.2 Å². The number of aliphatic hydroxyl groups is 1. The Kier molecular flexibility index (Phi) is 7.29. The Bertz CT molecular complexity index is 1760. The molecule has 1 saturated heterocycles. The van der Waals surface area contributed by atoms with E-state index in [0.717, 1.165) is 55.5 Å². The first-order valence-corrected chi connectivity index (χ1v) is 15.0. The van der Waals surface area contributed by atoms with Crippen molar-refractivity contribution in [2.75, 3.05) is 30.3 Å². The largest absolute Gasteiger partial charge is 0.392 e. The minimum absolute atomic E-state index is 0.00686. The summed E-state index contributed by atoms with van der Waals surface area (Å²) >= 11 is 0. The van der Waals surface area contributed by atoms with E-state index in [4.69, 9.17) is 5.73 Å². The smallest absolute Gasteiger partial charge is 0.261 e. The minimum Gasteiger partial charge on any atom is -0.392 e. The zero-order valence-electron chi connectivity index (χ0n) is 24.2. The summed E-state index contributed by atoms with van der Waals surface area (Å²) in [7, 11) is 0. The summed E-state index contributed by atoms with van der Waals surface area (Å²) in [5, 5.41) is 14.8. The van der Waals surface area contributed by atoms with E-state index in [9.17, 15) is 14.7 Å². The van der Waals surface area contributed by atoms with Gasteiger partial charge >= 0.3 is 0 Å².